The van der Waals surface area contributed by atoms with Gasteiger partial charge in [-0.2, -0.15) is 0 Å². The molecule has 1 aromatic heterocycles. The lowest BCUT2D eigenvalue weighted by atomic mass is 10.1. The Morgan fingerprint density at radius 3 is 2.38 bits per heavy atom. The van der Waals surface area contributed by atoms with Crippen LogP contribution in [0.2, 0.25) is 0 Å². The van der Waals surface area contributed by atoms with Crippen LogP contribution in [0.1, 0.15) is 26.3 Å². The van der Waals surface area contributed by atoms with Gasteiger partial charge in [0, 0.05) is 38.3 Å². The molecule has 1 aromatic carbocycles. The predicted molar refractivity (Wildman–Crippen MR) is 107 cm³/mol. The molecule has 4 N–H and O–H groups in total. The first-order valence-electron chi connectivity index (χ1n) is 9.07. The first kappa shape index (κ1) is 18.4. The number of hydrogen-bond acceptors (Lipinski definition) is 7. The lowest BCUT2D eigenvalue weighted by Crippen LogP contribution is -2.46. The van der Waals surface area contributed by atoms with Gasteiger partial charge in [0.1, 0.15) is 12.0 Å². The molecule has 0 aliphatic carbocycles. The van der Waals surface area contributed by atoms with Crippen molar-refractivity contribution in [3.63, 3.8) is 0 Å². The molecular formula is C19H29N7. The number of benzene rings is 1. The van der Waals surface area contributed by atoms with Crippen molar-refractivity contribution >= 4 is 17.3 Å². The smallest absolute Gasteiger partial charge is 0.169 e. The number of nitrogens with two attached hydrogens (primary N) is 1. The molecule has 0 unspecified atom stereocenters. The fourth-order valence-corrected chi connectivity index (χ4v) is 2.94. The Hall–Kier alpha value is -2.38. The summed E-state index contributed by atoms with van der Waals surface area (Å²) in [4.78, 5) is 13.4. The van der Waals surface area contributed by atoms with Crippen LogP contribution in [-0.4, -0.2) is 46.6 Å². The summed E-state index contributed by atoms with van der Waals surface area (Å²) in [6, 6.07) is 10.6. The monoisotopic (exact) mass is 355 g/mol. The van der Waals surface area contributed by atoms with E-state index >= 15 is 0 Å². The van der Waals surface area contributed by atoms with Crippen molar-refractivity contribution in [1.29, 1.82) is 0 Å². The quantitative estimate of drug-likeness (QED) is 0.709. The van der Waals surface area contributed by atoms with E-state index in [1.807, 2.05) is 0 Å². The average molecular weight is 355 g/mol. The maximum absolute atomic E-state index is 6.32. The maximum atomic E-state index is 6.32. The summed E-state index contributed by atoms with van der Waals surface area (Å²) in [6.45, 7) is 11.0. The number of piperazine rings is 1. The highest BCUT2D eigenvalue weighted by Crippen LogP contribution is 2.27. The number of nitrogens with zero attached hydrogens (tertiary/aromatic N) is 4. The van der Waals surface area contributed by atoms with E-state index in [-0.39, 0.29) is 5.54 Å². The molecule has 1 fully saturated rings. The maximum Gasteiger partial charge on any atom is 0.169 e. The molecule has 1 aliphatic heterocycles. The van der Waals surface area contributed by atoms with Crippen molar-refractivity contribution < 1.29 is 0 Å². The molecule has 0 atom stereocenters. The molecule has 2 aromatic rings. The lowest BCUT2D eigenvalue weighted by Gasteiger charge is -2.36. The molecule has 26 heavy (non-hydrogen) atoms. The van der Waals surface area contributed by atoms with Gasteiger partial charge in [0.25, 0.3) is 0 Å². The summed E-state index contributed by atoms with van der Waals surface area (Å²) < 4.78 is 0. The SMILES string of the molecule is CC(C)(C)NNc1ncnc(N2CCN(Cc3ccccc3)CC2)c1N. The van der Waals surface area contributed by atoms with Gasteiger partial charge in [-0.15, -0.1) is 0 Å². The topological polar surface area (TPSA) is 82.3 Å². The highest BCUT2D eigenvalue weighted by molar-refractivity contribution is 5.74. The third kappa shape index (κ3) is 4.83. The Kier molecular flexibility index (Phi) is 5.58. The van der Waals surface area contributed by atoms with Crippen molar-refractivity contribution in [1.82, 2.24) is 20.3 Å². The van der Waals surface area contributed by atoms with Gasteiger partial charge in [-0.1, -0.05) is 30.3 Å². The van der Waals surface area contributed by atoms with E-state index in [0.29, 0.717) is 11.5 Å². The average Bonchev–Trinajstić information content (AvgIpc) is 2.62. The fraction of sp³-hybridized carbons (Fsp3) is 0.474. The molecule has 0 bridgehead atoms. The highest BCUT2D eigenvalue weighted by atomic mass is 15.4. The molecule has 1 saturated heterocycles. The van der Waals surface area contributed by atoms with E-state index in [4.69, 9.17) is 5.73 Å². The molecular weight excluding hydrogens is 326 g/mol. The molecule has 2 heterocycles. The van der Waals surface area contributed by atoms with Crippen LogP contribution in [0.5, 0.6) is 0 Å². The van der Waals surface area contributed by atoms with Crippen LogP contribution in [0, 0.1) is 0 Å². The summed E-state index contributed by atoms with van der Waals surface area (Å²) in [6.07, 6.45) is 1.56. The van der Waals surface area contributed by atoms with Gasteiger partial charge in [-0.25, -0.2) is 15.4 Å². The lowest BCUT2D eigenvalue weighted by molar-refractivity contribution is 0.249. The Morgan fingerprint density at radius 2 is 1.73 bits per heavy atom. The van der Waals surface area contributed by atoms with Crippen LogP contribution in [0.15, 0.2) is 36.7 Å². The van der Waals surface area contributed by atoms with Gasteiger partial charge in [0.05, 0.1) is 0 Å². The third-order valence-corrected chi connectivity index (χ3v) is 4.34. The van der Waals surface area contributed by atoms with Crippen molar-refractivity contribution in [2.75, 3.05) is 42.2 Å². The van der Waals surface area contributed by atoms with Crippen LogP contribution in [0.25, 0.3) is 0 Å². The van der Waals surface area contributed by atoms with Gasteiger partial charge >= 0.3 is 0 Å². The number of hydrogen-bond donors (Lipinski definition) is 3. The zero-order valence-corrected chi connectivity index (χ0v) is 15.9. The summed E-state index contributed by atoms with van der Waals surface area (Å²) >= 11 is 0. The van der Waals surface area contributed by atoms with E-state index < -0.39 is 0 Å². The van der Waals surface area contributed by atoms with Gasteiger partial charge < -0.3 is 16.1 Å². The van der Waals surface area contributed by atoms with Crippen molar-refractivity contribution in [3.8, 4) is 0 Å². The zero-order chi connectivity index (χ0) is 18.6. The first-order chi connectivity index (χ1) is 12.4. The van der Waals surface area contributed by atoms with Gasteiger partial charge in [0.15, 0.2) is 11.6 Å². The van der Waals surface area contributed by atoms with Gasteiger partial charge in [-0.05, 0) is 26.3 Å². The normalized spacial score (nSPS) is 15.9. The van der Waals surface area contributed by atoms with Crippen LogP contribution >= 0.6 is 0 Å². The third-order valence-electron chi connectivity index (χ3n) is 4.34. The molecule has 0 amide bonds. The summed E-state index contributed by atoms with van der Waals surface area (Å²) in [5.41, 5.74) is 14.5. The first-order valence-corrected chi connectivity index (χ1v) is 9.07. The van der Waals surface area contributed by atoms with E-state index in [0.717, 1.165) is 38.5 Å². The molecule has 0 radical (unpaired) electrons. The van der Waals surface area contributed by atoms with E-state index in [2.05, 4.69) is 81.7 Å². The predicted octanol–water partition coefficient (Wildman–Crippen LogP) is 2.10. The van der Waals surface area contributed by atoms with Crippen LogP contribution in [-0.2, 0) is 6.54 Å². The van der Waals surface area contributed by atoms with Crippen LogP contribution in [0.3, 0.4) is 0 Å². The molecule has 7 nitrogen and oxygen atoms in total. The second-order valence-electron chi connectivity index (χ2n) is 7.71. The van der Waals surface area contributed by atoms with Gasteiger partial charge in [-0.3, -0.25) is 4.90 Å². The number of rotatable bonds is 5. The fourth-order valence-electron chi connectivity index (χ4n) is 2.94. The molecule has 3 rings (SSSR count). The van der Waals surface area contributed by atoms with E-state index in [9.17, 15) is 0 Å². The number of aromatic nitrogens is 2. The number of hydrazine groups is 1. The number of nitrogens with one attached hydrogen (secondary N) is 2. The summed E-state index contributed by atoms with van der Waals surface area (Å²) in [5.74, 6) is 1.43. The highest BCUT2D eigenvalue weighted by Gasteiger charge is 2.21. The van der Waals surface area contributed by atoms with E-state index in [1.165, 1.54) is 5.56 Å². The number of nitrogen functional groups attached to an aromatic ring is 1. The summed E-state index contributed by atoms with van der Waals surface area (Å²) in [7, 11) is 0. The zero-order valence-electron chi connectivity index (χ0n) is 15.9. The van der Waals surface area contributed by atoms with Crippen LogP contribution < -0.4 is 21.5 Å². The Bertz CT molecular complexity index is 704. The van der Waals surface area contributed by atoms with E-state index in [1.54, 1.807) is 6.33 Å². The van der Waals surface area contributed by atoms with Crippen LogP contribution in [0.4, 0.5) is 17.3 Å². The second-order valence-corrected chi connectivity index (χ2v) is 7.71. The van der Waals surface area contributed by atoms with Crippen molar-refractivity contribution in [2.24, 2.45) is 0 Å². The Labute approximate surface area is 155 Å². The summed E-state index contributed by atoms with van der Waals surface area (Å²) in [5, 5.41) is 0. The Balaban J connectivity index is 1.60. The largest absolute Gasteiger partial charge is 0.393 e. The second kappa shape index (κ2) is 7.88. The molecule has 7 heteroatoms. The molecule has 0 saturated carbocycles. The minimum atomic E-state index is -0.0827. The minimum Gasteiger partial charge on any atom is -0.393 e. The Morgan fingerprint density at radius 1 is 1.04 bits per heavy atom. The molecule has 140 valence electrons. The number of anilines is 3. The van der Waals surface area contributed by atoms with Crippen molar-refractivity contribution in [3.05, 3.63) is 42.2 Å². The molecule has 1 aliphatic rings. The molecule has 0 spiro atoms. The minimum absolute atomic E-state index is 0.0827. The standard InChI is InChI=1S/C19H29N7/c1-19(2,3)24-23-17-16(20)18(22-14-21-17)26-11-9-25(10-12-26)13-15-7-5-4-6-8-15/h4-8,14,24H,9-13,20H2,1-3H3,(H,21,22,23). The van der Waals surface area contributed by atoms with Crippen molar-refractivity contribution in [2.45, 2.75) is 32.9 Å². The van der Waals surface area contributed by atoms with Gasteiger partial charge in [0.2, 0.25) is 0 Å².